The van der Waals surface area contributed by atoms with Gasteiger partial charge in [0.05, 0.1) is 4.90 Å². The molecule has 1 fully saturated rings. The molecular formula is C22H28N2O3S. The van der Waals surface area contributed by atoms with Gasteiger partial charge in [0.15, 0.2) is 0 Å². The molecule has 1 aliphatic rings. The summed E-state index contributed by atoms with van der Waals surface area (Å²) in [4.78, 5) is 14.8. The van der Waals surface area contributed by atoms with Gasteiger partial charge in [0.2, 0.25) is 0 Å². The largest absolute Gasteiger partial charge is 0.339 e. The van der Waals surface area contributed by atoms with Crippen LogP contribution >= 0.6 is 0 Å². The van der Waals surface area contributed by atoms with Crippen molar-refractivity contribution < 1.29 is 13.2 Å². The average Bonchev–Trinajstić information content (AvgIpc) is 2.67. The van der Waals surface area contributed by atoms with Crippen LogP contribution in [0, 0.1) is 27.7 Å². The minimum Gasteiger partial charge on any atom is -0.339 e. The maximum absolute atomic E-state index is 13.0. The summed E-state index contributed by atoms with van der Waals surface area (Å²) in [6.45, 7) is 9.08. The second-order valence-corrected chi connectivity index (χ2v) is 9.24. The molecule has 1 aliphatic heterocycles. The molecule has 2 aromatic carbocycles. The zero-order valence-corrected chi connectivity index (χ0v) is 17.8. The van der Waals surface area contributed by atoms with E-state index in [1.165, 1.54) is 6.42 Å². The van der Waals surface area contributed by atoms with Crippen molar-refractivity contribution in [3.05, 3.63) is 58.1 Å². The standard InChI is InChI=1S/C22H28N2O3S/c1-15-14-16(2)18(4)21(17(15)3)28(26,27)23-20-10-8-19(9-11-20)22(25)24-12-6-5-7-13-24/h8-11,14,23H,5-7,12-13H2,1-4H3. The number of amides is 1. The van der Waals surface area contributed by atoms with Crippen molar-refractivity contribution >= 4 is 21.6 Å². The SMILES string of the molecule is Cc1cc(C)c(C)c(S(=O)(=O)Nc2ccc(C(=O)N3CCCCC3)cc2)c1C. The minimum absolute atomic E-state index is 0.00936. The molecule has 1 saturated heterocycles. The molecule has 150 valence electrons. The fourth-order valence-electron chi connectivity index (χ4n) is 3.75. The van der Waals surface area contributed by atoms with Gasteiger partial charge in [-0.1, -0.05) is 6.07 Å². The Labute approximate surface area is 167 Å². The van der Waals surface area contributed by atoms with Crippen LogP contribution in [-0.4, -0.2) is 32.3 Å². The first-order valence-electron chi connectivity index (χ1n) is 9.70. The number of benzene rings is 2. The monoisotopic (exact) mass is 400 g/mol. The highest BCUT2D eigenvalue weighted by Gasteiger charge is 2.23. The number of anilines is 1. The van der Waals surface area contributed by atoms with E-state index in [0.29, 0.717) is 16.1 Å². The van der Waals surface area contributed by atoms with E-state index in [1.54, 1.807) is 24.3 Å². The molecule has 0 aliphatic carbocycles. The van der Waals surface area contributed by atoms with E-state index in [4.69, 9.17) is 0 Å². The predicted octanol–water partition coefficient (Wildman–Crippen LogP) is 4.35. The van der Waals surface area contributed by atoms with E-state index in [1.807, 2.05) is 38.7 Å². The lowest BCUT2D eigenvalue weighted by Crippen LogP contribution is -2.35. The van der Waals surface area contributed by atoms with Gasteiger partial charge in [0, 0.05) is 24.3 Å². The molecule has 1 heterocycles. The molecule has 5 nitrogen and oxygen atoms in total. The van der Waals surface area contributed by atoms with Crippen molar-refractivity contribution in [2.24, 2.45) is 0 Å². The number of piperidine rings is 1. The van der Waals surface area contributed by atoms with Crippen LogP contribution in [0.1, 0.15) is 51.9 Å². The highest BCUT2D eigenvalue weighted by atomic mass is 32.2. The Hall–Kier alpha value is -2.34. The quantitative estimate of drug-likeness (QED) is 0.830. The average molecular weight is 401 g/mol. The Balaban J connectivity index is 1.83. The first-order valence-corrected chi connectivity index (χ1v) is 11.2. The highest BCUT2D eigenvalue weighted by molar-refractivity contribution is 7.92. The number of nitrogens with zero attached hydrogens (tertiary/aromatic N) is 1. The summed E-state index contributed by atoms with van der Waals surface area (Å²) in [6.07, 6.45) is 3.25. The van der Waals surface area contributed by atoms with Crippen molar-refractivity contribution in [1.82, 2.24) is 4.90 Å². The molecule has 0 saturated carbocycles. The van der Waals surface area contributed by atoms with Crippen molar-refractivity contribution in [3.8, 4) is 0 Å². The van der Waals surface area contributed by atoms with Gasteiger partial charge in [-0.15, -0.1) is 0 Å². The first-order chi connectivity index (χ1) is 13.2. The molecule has 0 unspecified atom stereocenters. The van der Waals surface area contributed by atoms with Gasteiger partial charge in [-0.2, -0.15) is 0 Å². The predicted molar refractivity (Wildman–Crippen MR) is 112 cm³/mol. The molecular weight excluding hydrogens is 372 g/mol. The van der Waals surface area contributed by atoms with Gasteiger partial charge < -0.3 is 4.90 Å². The van der Waals surface area contributed by atoms with E-state index in [-0.39, 0.29) is 5.91 Å². The lowest BCUT2D eigenvalue weighted by atomic mass is 10.0. The lowest BCUT2D eigenvalue weighted by Gasteiger charge is -2.26. The molecule has 1 amide bonds. The number of nitrogens with one attached hydrogen (secondary N) is 1. The summed E-state index contributed by atoms with van der Waals surface area (Å²) in [7, 11) is -3.72. The summed E-state index contributed by atoms with van der Waals surface area (Å²) in [6, 6.07) is 8.70. The number of rotatable bonds is 4. The van der Waals surface area contributed by atoms with E-state index in [2.05, 4.69) is 4.72 Å². The van der Waals surface area contributed by atoms with E-state index in [0.717, 1.165) is 48.2 Å². The molecule has 2 aromatic rings. The fraction of sp³-hybridized carbons (Fsp3) is 0.409. The maximum atomic E-state index is 13.0. The summed E-state index contributed by atoms with van der Waals surface area (Å²) >= 11 is 0. The van der Waals surface area contributed by atoms with E-state index >= 15 is 0 Å². The highest BCUT2D eigenvalue weighted by Crippen LogP contribution is 2.28. The third-order valence-electron chi connectivity index (χ3n) is 5.59. The van der Waals surface area contributed by atoms with Gasteiger partial charge in [0.1, 0.15) is 0 Å². The molecule has 3 rings (SSSR count). The van der Waals surface area contributed by atoms with Crippen LogP contribution in [0.4, 0.5) is 5.69 Å². The third-order valence-corrected chi connectivity index (χ3v) is 7.25. The van der Waals surface area contributed by atoms with Crippen molar-refractivity contribution in [1.29, 1.82) is 0 Å². The molecule has 0 aromatic heterocycles. The third kappa shape index (κ3) is 4.07. The van der Waals surface area contributed by atoms with Gasteiger partial charge >= 0.3 is 0 Å². The zero-order valence-electron chi connectivity index (χ0n) is 17.0. The fourth-order valence-corrected chi connectivity index (χ4v) is 5.43. The molecule has 0 atom stereocenters. The van der Waals surface area contributed by atoms with Crippen LogP contribution in [0.15, 0.2) is 35.2 Å². The molecule has 0 spiro atoms. The Kier molecular flexibility index (Phi) is 5.79. The smallest absolute Gasteiger partial charge is 0.262 e. The molecule has 1 N–H and O–H groups in total. The number of aryl methyl sites for hydroxylation is 2. The number of carbonyl (C=O) groups excluding carboxylic acids is 1. The molecule has 28 heavy (non-hydrogen) atoms. The normalized spacial score (nSPS) is 14.8. The van der Waals surface area contributed by atoms with Gasteiger partial charge in [-0.05, 0) is 93.5 Å². The van der Waals surface area contributed by atoms with Crippen molar-refractivity contribution in [3.63, 3.8) is 0 Å². The maximum Gasteiger partial charge on any atom is 0.262 e. The number of hydrogen-bond acceptors (Lipinski definition) is 3. The Morgan fingerprint density at radius 2 is 1.43 bits per heavy atom. The summed E-state index contributed by atoms with van der Waals surface area (Å²) in [5, 5.41) is 0. The van der Waals surface area contributed by atoms with Crippen LogP contribution in [0.5, 0.6) is 0 Å². The van der Waals surface area contributed by atoms with Crippen LogP contribution < -0.4 is 4.72 Å². The Morgan fingerprint density at radius 1 is 0.893 bits per heavy atom. The van der Waals surface area contributed by atoms with Gasteiger partial charge in [-0.3, -0.25) is 9.52 Å². The molecule has 0 bridgehead atoms. The number of hydrogen-bond donors (Lipinski definition) is 1. The van der Waals surface area contributed by atoms with E-state index in [9.17, 15) is 13.2 Å². The first kappa shape index (κ1) is 20.4. The minimum atomic E-state index is -3.72. The topological polar surface area (TPSA) is 66.5 Å². The second-order valence-electron chi connectivity index (χ2n) is 7.63. The zero-order chi connectivity index (χ0) is 20.5. The summed E-state index contributed by atoms with van der Waals surface area (Å²) in [5.74, 6) is 0.00936. The van der Waals surface area contributed by atoms with Gasteiger partial charge in [-0.25, -0.2) is 8.42 Å². The number of sulfonamides is 1. The van der Waals surface area contributed by atoms with Crippen LogP contribution in [-0.2, 0) is 10.0 Å². The van der Waals surface area contributed by atoms with Crippen molar-refractivity contribution in [2.45, 2.75) is 51.9 Å². The van der Waals surface area contributed by atoms with Gasteiger partial charge in [0.25, 0.3) is 15.9 Å². The summed E-state index contributed by atoms with van der Waals surface area (Å²) in [5.41, 5.74) is 4.45. The molecule has 6 heteroatoms. The Bertz CT molecular complexity index is 963. The second kappa shape index (κ2) is 7.95. The number of likely N-dealkylation sites (tertiary alicyclic amines) is 1. The van der Waals surface area contributed by atoms with Crippen molar-refractivity contribution in [2.75, 3.05) is 17.8 Å². The lowest BCUT2D eigenvalue weighted by molar-refractivity contribution is 0.0724. The number of carbonyl (C=O) groups is 1. The molecule has 0 radical (unpaired) electrons. The van der Waals surface area contributed by atoms with E-state index < -0.39 is 10.0 Å². The van der Waals surface area contributed by atoms with Crippen LogP contribution in [0.25, 0.3) is 0 Å². The van der Waals surface area contributed by atoms with Crippen LogP contribution in [0.2, 0.25) is 0 Å². The Morgan fingerprint density at radius 3 is 1.96 bits per heavy atom. The van der Waals surface area contributed by atoms with Crippen LogP contribution in [0.3, 0.4) is 0 Å². The summed E-state index contributed by atoms with van der Waals surface area (Å²) < 4.78 is 28.7.